The lowest BCUT2D eigenvalue weighted by molar-refractivity contribution is 0.0940. The molecule has 1 saturated heterocycles. The van der Waals surface area contributed by atoms with Crippen LogP contribution in [-0.4, -0.2) is 53.2 Å². The van der Waals surface area contributed by atoms with Gasteiger partial charge in [0.15, 0.2) is 11.6 Å². The number of ether oxygens (including phenoxy) is 1. The molecule has 8 nitrogen and oxygen atoms in total. The molecule has 4 rings (SSSR count). The van der Waals surface area contributed by atoms with Gasteiger partial charge in [-0.25, -0.2) is 15.0 Å². The molecule has 8 heteroatoms. The number of methoxy groups -OCH3 is 1. The number of nitrogens with one attached hydrogen (secondary N) is 1. The van der Waals surface area contributed by atoms with E-state index in [2.05, 4.69) is 25.2 Å². The molecular formula is C18H23N5O3. The lowest BCUT2D eigenvalue weighted by atomic mass is 10.2. The Morgan fingerprint density at radius 1 is 1.46 bits per heavy atom. The number of hydrogen-bond donors (Lipinski definition) is 1. The summed E-state index contributed by atoms with van der Waals surface area (Å²) in [6.45, 7) is 3.02. The van der Waals surface area contributed by atoms with E-state index in [-0.39, 0.29) is 18.1 Å². The summed E-state index contributed by atoms with van der Waals surface area (Å²) < 4.78 is 11.2. The van der Waals surface area contributed by atoms with Crippen molar-refractivity contribution >= 4 is 11.7 Å². The lowest BCUT2D eigenvalue weighted by Gasteiger charge is -2.25. The fraction of sp³-hybridized carbons (Fsp3) is 0.556. The van der Waals surface area contributed by atoms with E-state index in [1.165, 1.54) is 6.33 Å². The first-order valence-corrected chi connectivity index (χ1v) is 8.96. The molecule has 2 aromatic heterocycles. The summed E-state index contributed by atoms with van der Waals surface area (Å²) in [6, 6.07) is 1.98. The summed E-state index contributed by atoms with van der Waals surface area (Å²) in [4.78, 5) is 27.4. The fourth-order valence-electron chi connectivity index (χ4n) is 3.40. The van der Waals surface area contributed by atoms with Gasteiger partial charge in [0, 0.05) is 32.3 Å². The van der Waals surface area contributed by atoms with Crippen LogP contribution in [0.5, 0.6) is 0 Å². The van der Waals surface area contributed by atoms with Crippen LogP contribution in [0.3, 0.4) is 0 Å². The van der Waals surface area contributed by atoms with Crippen molar-refractivity contribution in [1.29, 1.82) is 0 Å². The summed E-state index contributed by atoms with van der Waals surface area (Å²) in [5, 5.41) is 3.00. The molecule has 2 fully saturated rings. The van der Waals surface area contributed by atoms with Gasteiger partial charge >= 0.3 is 0 Å². The lowest BCUT2D eigenvalue weighted by Crippen LogP contribution is -2.40. The summed E-state index contributed by atoms with van der Waals surface area (Å²) in [7, 11) is 1.71. The first kappa shape index (κ1) is 17.0. The number of amides is 1. The molecule has 1 saturated carbocycles. The van der Waals surface area contributed by atoms with Crippen LogP contribution >= 0.6 is 0 Å². The van der Waals surface area contributed by atoms with Crippen LogP contribution in [0.2, 0.25) is 0 Å². The topological polar surface area (TPSA) is 93.4 Å². The maximum atomic E-state index is 12.6. The van der Waals surface area contributed by atoms with E-state index < -0.39 is 0 Å². The SMILES string of the molecule is CO[C@@H]1C[C@H](CNC(=O)c2nc(C3CC3)oc2C)N(c2ccncn2)C1. The van der Waals surface area contributed by atoms with Crippen molar-refractivity contribution in [2.45, 2.75) is 44.2 Å². The zero-order chi connectivity index (χ0) is 18.1. The Bertz CT molecular complexity index is 774. The summed E-state index contributed by atoms with van der Waals surface area (Å²) in [6.07, 6.45) is 6.37. The van der Waals surface area contributed by atoms with E-state index >= 15 is 0 Å². The quantitative estimate of drug-likeness (QED) is 0.840. The van der Waals surface area contributed by atoms with Crippen LogP contribution in [0.15, 0.2) is 23.0 Å². The summed E-state index contributed by atoms with van der Waals surface area (Å²) >= 11 is 0. The molecule has 2 atom stereocenters. The first-order valence-electron chi connectivity index (χ1n) is 8.96. The molecule has 0 radical (unpaired) electrons. The van der Waals surface area contributed by atoms with Crippen molar-refractivity contribution in [1.82, 2.24) is 20.3 Å². The number of oxazole rings is 1. The Hall–Kier alpha value is -2.48. The molecule has 2 aromatic rings. The Morgan fingerprint density at radius 3 is 3.00 bits per heavy atom. The average Bonchev–Trinajstić information content (AvgIpc) is 3.32. The Morgan fingerprint density at radius 2 is 2.31 bits per heavy atom. The van der Waals surface area contributed by atoms with Crippen LogP contribution in [0.4, 0.5) is 5.82 Å². The largest absolute Gasteiger partial charge is 0.445 e. The van der Waals surface area contributed by atoms with Crippen LogP contribution in [-0.2, 0) is 4.74 Å². The molecule has 0 aromatic carbocycles. The smallest absolute Gasteiger partial charge is 0.273 e. The minimum atomic E-state index is -0.193. The molecule has 0 spiro atoms. The van der Waals surface area contributed by atoms with Gasteiger partial charge in [-0.1, -0.05) is 0 Å². The standard InChI is InChI=1S/C18H23N5O3/c1-11-16(22-18(26-11)12-3-4-12)17(24)20-8-13-7-14(25-2)9-23(13)15-5-6-19-10-21-15/h5-6,10,12-14H,3-4,7-9H2,1-2H3,(H,20,24)/t13-,14-/m1/s1. The molecule has 1 aliphatic carbocycles. The second-order valence-electron chi connectivity index (χ2n) is 6.91. The highest BCUT2D eigenvalue weighted by molar-refractivity contribution is 5.93. The molecular weight excluding hydrogens is 334 g/mol. The predicted octanol–water partition coefficient (Wildman–Crippen LogP) is 1.67. The van der Waals surface area contributed by atoms with Crippen LogP contribution < -0.4 is 10.2 Å². The van der Waals surface area contributed by atoms with Gasteiger partial charge in [0.05, 0.1) is 12.1 Å². The minimum Gasteiger partial charge on any atom is -0.445 e. The third-order valence-electron chi connectivity index (χ3n) is 5.02. The second kappa shape index (κ2) is 7.03. The number of hydrogen-bond acceptors (Lipinski definition) is 7. The van der Waals surface area contributed by atoms with Crippen molar-refractivity contribution in [2.24, 2.45) is 0 Å². The third-order valence-corrected chi connectivity index (χ3v) is 5.02. The number of aromatic nitrogens is 3. The maximum absolute atomic E-state index is 12.6. The van der Waals surface area contributed by atoms with Gasteiger partial charge in [-0.15, -0.1) is 0 Å². The van der Waals surface area contributed by atoms with E-state index in [4.69, 9.17) is 9.15 Å². The van der Waals surface area contributed by atoms with Crippen molar-refractivity contribution in [3.63, 3.8) is 0 Å². The summed E-state index contributed by atoms with van der Waals surface area (Å²) in [5.74, 6) is 2.31. The van der Waals surface area contributed by atoms with Crippen molar-refractivity contribution in [3.8, 4) is 0 Å². The zero-order valence-corrected chi connectivity index (χ0v) is 15.0. The number of nitrogens with zero attached hydrogens (tertiary/aromatic N) is 4. The molecule has 2 aliphatic rings. The molecule has 0 unspecified atom stereocenters. The monoisotopic (exact) mass is 357 g/mol. The van der Waals surface area contributed by atoms with E-state index in [1.807, 2.05) is 6.07 Å². The van der Waals surface area contributed by atoms with Gasteiger partial charge in [0.1, 0.15) is 17.9 Å². The maximum Gasteiger partial charge on any atom is 0.273 e. The Kier molecular flexibility index (Phi) is 4.58. The number of carbonyl (C=O) groups is 1. The number of carbonyl (C=O) groups excluding carboxylic acids is 1. The minimum absolute atomic E-state index is 0.105. The molecule has 1 aliphatic heterocycles. The highest BCUT2D eigenvalue weighted by atomic mass is 16.5. The normalized spacial score (nSPS) is 22.6. The number of rotatable bonds is 6. The van der Waals surface area contributed by atoms with Crippen LogP contribution in [0, 0.1) is 6.92 Å². The van der Waals surface area contributed by atoms with Crippen molar-refractivity contribution < 1.29 is 13.9 Å². The van der Waals surface area contributed by atoms with E-state index in [0.29, 0.717) is 29.8 Å². The molecule has 138 valence electrons. The van der Waals surface area contributed by atoms with Gasteiger partial charge in [0.25, 0.3) is 5.91 Å². The van der Waals surface area contributed by atoms with Gasteiger partial charge in [-0.2, -0.15) is 0 Å². The van der Waals surface area contributed by atoms with Crippen LogP contribution in [0.1, 0.15) is 47.3 Å². The predicted molar refractivity (Wildman–Crippen MR) is 94.1 cm³/mol. The van der Waals surface area contributed by atoms with Crippen molar-refractivity contribution in [2.75, 3.05) is 25.1 Å². The van der Waals surface area contributed by atoms with Gasteiger partial charge < -0.3 is 19.4 Å². The van der Waals surface area contributed by atoms with Crippen LogP contribution in [0.25, 0.3) is 0 Å². The number of anilines is 1. The Labute approximate surface area is 152 Å². The molecule has 3 heterocycles. The van der Waals surface area contributed by atoms with Gasteiger partial charge in [-0.3, -0.25) is 4.79 Å². The molecule has 1 amide bonds. The van der Waals surface area contributed by atoms with E-state index in [0.717, 1.165) is 31.6 Å². The molecule has 1 N–H and O–H groups in total. The first-order chi connectivity index (χ1) is 12.7. The average molecular weight is 357 g/mol. The van der Waals surface area contributed by atoms with Gasteiger partial charge in [0.2, 0.25) is 0 Å². The highest BCUT2D eigenvalue weighted by Gasteiger charge is 2.34. The third kappa shape index (κ3) is 3.41. The molecule has 0 bridgehead atoms. The highest BCUT2D eigenvalue weighted by Crippen LogP contribution is 2.40. The second-order valence-corrected chi connectivity index (χ2v) is 6.91. The Balaban J connectivity index is 1.43. The summed E-state index contributed by atoms with van der Waals surface area (Å²) in [5.41, 5.74) is 0.391. The fourth-order valence-corrected chi connectivity index (χ4v) is 3.40. The molecule has 26 heavy (non-hydrogen) atoms. The number of aryl methyl sites for hydroxylation is 1. The van der Waals surface area contributed by atoms with Crippen molar-refractivity contribution in [3.05, 3.63) is 35.9 Å². The zero-order valence-electron chi connectivity index (χ0n) is 15.0. The van der Waals surface area contributed by atoms with E-state index in [9.17, 15) is 4.79 Å². The van der Waals surface area contributed by atoms with Gasteiger partial charge in [-0.05, 0) is 32.3 Å². The van der Waals surface area contributed by atoms with E-state index in [1.54, 1.807) is 20.2 Å².